The highest BCUT2D eigenvalue weighted by molar-refractivity contribution is 5.95. The van der Waals surface area contributed by atoms with Crippen LogP contribution in [0.3, 0.4) is 0 Å². The molecule has 0 saturated carbocycles. The van der Waals surface area contributed by atoms with Crippen molar-refractivity contribution in [3.8, 4) is 11.5 Å². The summed E-state index contributed by atoms with van der Waals surface area (Å²) in [6.07, 6.45) is 3.18. The van der Waals surface area contributed by atoms with Gasteiger partial charge in [-0.2, -0.15) is 0 Å². The van der Waals surface area contributed by atoms with Crippen LogP contribution >= 0.6 is 0 Å². The molecule has 0 radical (unpaired) electrons. The number of likely N-dealkylation sites (tertiary alicyclic amines) is 1. The fourth-order valence-electron chi connectivity index (χ4n) is 4.31. The molecule has 0 bridgehead atoms. The number of hydrogen-bond donors (Lipinski definition) is 1. The lowest BCUT2D eigenvalue weighted by molar-refractivity contribution is 0.0316. The Bertz CT molecular complexity index is 674. The zero-order valence-corrected chi connectivity index (χ0v) is 17.4. The topological polar surface area (TPSA) is 71.3 Å². The molecule has 1 aromatic rings. The summed E-state index contributed by atoms with van der Waals surface area (Å²) in [5.41, 5.74) is 6.27. The number of amides is 1. The maximum Gasteiger partial charge on any atom is 0.254 e. The van der Waals surface area contributed by atoms with Gasteiger partial charge in [0.2, 0.25) is 0 Å². The van der Waals surface area contributed by atoms with Gasteiger partial charge in [0.1, 0.15) is 6.61 Å². The van der Waals surface area contributed by atoms with Crippen LogP contribution in [0.15, 0.2) is 18.2 Å². The molecule has 0 unspecified atom stereocenters. The normalized spacial score (nSPS) is 20.8. The molecule has 0 atom stereocenters. The molecule has 2 heterocycles. The van der Waals surface area contributed by atoms with E-state index >= 15 is 0 Å². The van der Waals surface area contributed by atoms with E-state index < -0.39 is 0 Å². The van der Waals surface area contributed by atoms with Gasteiger partial charge in [-0.3, -0.25) is 9.69 Å². The lowest BCUT2D eigenvalue weighted by Crippen LogP contribution is -2.58. The lowest BCUT2D eigenvalue weighted by Gasteiger charge is -2.47. The number of piperidine rings is 1. The van der Waals surface area contributed by atoms with Crippen LogP contribution in [0.5, 0.6) is 11.5 Å². The van der Waals surface area contributed by atoms with E-state index in [9.17, 15) is 4.79 Å². The van der Waals surface area contributed by atoms with Crippen LogP contribution < -0.4 is 15.2 Å². The molecule has 2 aliphatic heterocycles. The summed E-state index contributed by atoms with van der Waals surface area (Å²) in [7, 11) is 5.98. The van der Waals surface area contributed by atoms with Crippen LogP contribution in [0, 0.1) is 0 Å². The second kappa shape index (κ2) is 9.11. The van der Waals surface area contributed by atoms with Gasteiger partial charge in [-0.1, -0.05) is 0 Å². The molecule has 0 aromatic heterocycles. The van der Waals surface area contributed by atoms with E-state index in [1.54, 1.807) is 19.2 Å². The Morgan fingerprint density at radius 2 is 1.89 bits per heavy atom. The zero-order valence-electron chi connectivity index (χ0n) is 17.4. The van der Waals surface area contributed by atoms with Gasteiger partial charge < -0.3 is 25.0 Å². The number of carbonyl (C=O) groups excluding carboxylic acids is 1. The van der Waals surface area contributed by atoms with E-state index in [2.05, 4.69) is 23.9 Å². The number of nitrogens with two attached hydrogens (primary N) is 1. The number of rotatable bonds is 5. The standard InChI is InChI=1S/C21H34N4O3/c1-23-12-7-21(8-13-23)16-25(11-4-10-24(21)2)20(26)17-5-6-18(27-3)19(15-17)28-14-9-22/h5-6,15H,4,7-14,16,22H2,1-3H3. The van der Waals surface area contributed by atoms with Crippen molar-refractivity contribution in [1.29, 1.82) is 0 Å². The van der Waals surface area contributed by atoms with Crippen LogP contribution in [-0.4, -0.2) is 93.2 Å². The number of ether oxygens (including phenoxy) is 2. The SMILES string of the molecule is COc1ccc(C(=O)N2CCCN(C)C3(CCN(C)CC3)C2)cc1OCCN. The summed E-state index contributed by atoms with van der Waals surface area (Å²) in [6.45, 7) is 5.54. The Morgan fingerprint density at radius 3 is 2.57 bits per heavy atom. The third-order valence-corrected chi connectivity index (χ3v) is 6.21. The number of nitrogens with zero attached hydrogens (tertiary/aromatic N) is 3. The third-order valence-electron chi connectivity index (χ3n) is 6.21. The summed E-state index contributed by atoms with van der Waals surface area (Å²) < 4.78 is 11.0. The van der Waals surface area contributed by atoms with Gasteiger partial charge >= 0.3 is 0 Å². The van der Waals surface area contributed by atoms with Crippen LogP contribution in [0.25, 0.3) is 0 Å². The first kappa shape index (κ1) is 20.9. The monoisotopic (exact) mass is 390 g/mol. The van der Waals surface area contributed by atoms with Gasteiger partial charge in [0.15, 0.2) is 11.5 Å². The van der Waals surface area contributed by atoms with Crippen LogP contribution in [-0.2, 0) is 0 Å². The van der Waals surface area contributed by atoms with E-state index in [-0.39, 0.29) is 11.4 Å². The van der Waals surface area contributed by atoms with E-state index in [1.165, 1.54) is 0 Å². The predicted octanol–water partition coefficient (Wildman–Crippen LogP) is 1.27. The van der Waals surface area contributed by atoms with Crippen molar-refractivity contribution in [2.45, 2.75) is 24.8 Å². The minimum Gasteiger partial charge on any atom is -0.493 e. The number of methoxy groups -OCH3 is 1. The molecular weight excluding hydrogens is 356 g/mol. The number of benzene rings is 1. The van der Waals surface area contributed by atoms with Crippen LogP contribution in [0.4, 0.5) is 0 Å². The Kier molecular flexibility index (Phi) is 6.80. The first-order valence-electron chi connectivity index (χ1n) is 10.2. The lowest BCUT2D eigenvalue weighted by atomic mass is 9.85. The minimum absolute atomic E-state index is 0.0638. The molecule has 1 aromatic carbocycles. The van der Waals surface area contributed by atoms with E-state index in [4.69, 9.17) is 15.2 Å². The molecule has 28 heavy (non-hydrogen) atoms. The van der Waals surface area contributed by atoms with Crippen molar-refractivity contribution < 1.29 is 14.3 Å². The van der Waals surface area contributed by atoms with Crippen molar-refractivity contribution in [2.75, 3.05) is 67.1 Å². The smallest absolute Gasteiger partial charge is 0.254 e. The zero-order chi connectivity index (χ0) is 20.1. The summed E-state index contributed by atoms with van der Waals surface area (Å²) in [5, 5.41) is 0. The van der Waals surface area contributed by atoms with Crippen molar-refractivity contribution in [1.82, 2.24) is 14.7 Å². The van der Waals surface area contributed by atoms with Gasteiger partial charge in [0, 0.05) is 37.3 Å². The Labute approximate surface area is 168 Å². The molecule has 3 rings (SSSR count). The molecule has 156 valence electrons. The summed E-state index contributed by atoms with van der Waals surface area (Å²) in [6, 6.07) is 5.41. The van der Waals surface area contributed by atoms with Gasteiger partial charge in [0.25, 0.3) is 5.91 Å². The van der Waals surface area contributed by atoms with Crippen LogP contribution in [0.2, 0.25) is 0 Å². The highest BCUT2D eigenvalue weighted by atomic mass is 16.5. The maximum atomic E-state index is 13.4. The summed E-state index contributed by atoms with van der Waals surface area (Å²) in [4.78, 5) is 20.2. The fraction of sp³-hybridized carbons (Fsp3) is 0.667. The molecule has 2 fully saturated rings. The number of carbonyl (C=O) groups is 1. The van der Waals surface area contributed by atoms with E-state index in [1.807, 2.05) is 11.0 Å². The summed E-state index contributed by atoms with van der Waals surface area (Å²) >= 11 is 0. The average molecular weight is 391 g/mol. The average Bonchev–Trinajstić information content (AvgIpc) is 2.87. The summed E-state index contributed by atoms with van der Waals surface area (Å²) in [5.74, 6) is 1.25. The van der Waals surface area contributed by atoms with E-state index in [0.29, 0.717) is 30.2 Å². The van der Waals surface area contributed by atoms with Crippen molar-refractivity contribution >= 4 is 5.91 Å². The Hall–Kier alpha value is -1.83. The molecule has 2 N–H and O–H groups in total. The maximum absolute atomic E-state index is 13.4. The molecule has 1 amide bonds. The molecule has 7 heteroatoms. The molecule has 1 spiro atoms. The highest BCUT2D eigenvalue weighted by Crippen LogP contribution is 2.33. The second-order valence-corrected chi connectivity index (χ2v) is 8.03. The fourth-order valence-corrected chi connectivity index (χ4v) is 4.31. The van der Waals surface area contributed by atoms with Crippen molar-refractivity contribution in [3.05, 3.63) is 23.8 Å². The van der Waals surface area contributed by atoms with Gasteiger partial charge in [-0.25, -0.2) is 0 Å². The first-order valence-corrected chi connectivity index (χ1v) is 10.2. The van der Waals surface area contributed by atoms with Crippen molar-refractivity contribution in [2.24, 2.45) is 5.73 Å². The highest BCUT2D eigenvalue weighted by Gasteiger charge is 2.41. The van der Waals surface area contributed by atoms with Gasteiger partial charge in [0.05, 0.1) is 7.11 Å². The minimum atomic E-state index is 0.0638. The van der Waals surface area contributed by atoms with Gasteiger partial charge in [-0.15, -0.1) is 0 Å². The molecular formula is C21H34N4O3. The Morgan fingerprint density at radius 1 is 1.14 bits per heavy atom. The molecule has 7 nitrogen and oxygen atoms in total. The predicted molar refractivity (Wildman–Crippen MR) is 110 cm³/mol. The first-order chi connectivity index (χ1) is 13.5. The largest absolute Gasteiger partial charge is 0.493 e. The molecule has 0 aliphatic carbocycles. The van der Waals surface area contributed by atoms with Crippen molar-refractivity contribution in [3.63, 3.8) is 0 Å². The Balaban J connectivity index is 1.81. The number of hydrogen-bond acceptors (Lipinski definition) is 6. The number of likely N-dealkylation sites (N-methyl/N-ethyl adjacent to an activating group) is 1. The molecule has 2 saturated heterocycles. The van der Waals surface area contributed by atoms with E-state index in [0.717, 1.165) is 52.0 Å². The second-order valence-electron chi connectivity index (χ2n) is 8.03. The van der Waals surface area contributed by atoms with Crippen LogP contribution in [0.1, 0.15) is 29.6 Å². The molecule has 2 aliphatic rings. The quantitative estimate of drug-likeness (QED) is 0.817. The third kappa shape index (κ3) is 4.42. The van der Waals surface area contributed by atoms with Gasteiger partial charge in [-0.05, 0) is 64.6 Å².